The fraction of sp³-hybridized carbons (Fsp3) is 0.190. The number of benzene rings is 2. The Morgan fingerprint density at radius 3 is 2.39 bits per heavy atom. The molecule has 0 aliphatic carbocycles. The van der Waals surface area contributed by atoms with E-state index in [1.165, 1.54) is 17.0 Å². The monoisotopic (exact) mass is 447 g/mol. The number of hydrogen-bond acceptors (Lipinski definition) is 4. The van der Waals surface area contributed by atoms with Crippen LogP contribution in [0.2, 0.25) is 0 Å². The van der Waals surface area contributed by atoms with Gasteiger partial charge in [0.2, 0.25) is 0 Å². The number of para-hydroxylation sites is 1. The van der Waals surface area contributed by atoms with E-state index in [0.717, 1.165) is 33.5 Å². The van der Waals surface area contributed by atoms with E-state index in [1.807, 2.05) is 24.3 Å². The lowest BCUT2D eigenvalue weighted by atomic mass is 10.1. The Hall–Kier alpha value is -3.27. The van der Waals surface area contributed by atoms with E-state index < -0.39 is 39.2 Å². The Morgan fingerprint density at radius 1 is 1.03 bits per heavy atom. The second kappa shape index (κ2) is 7.77. The first-order chi connectivity index (χ1) is 14.7. The van der Waals surface area contributed by atoms with Gasteiger partial charge in [-0.05, 0) is 48.9 Å². The van der Waals surface area contributed by atoms with Crippen LogP contribution in [-0.4, -0.2) is 37.6 Å². The van der Waals surface area contributed by atoms with Crippen molar-refractivity contribution in [1.29, 1.82) is 0 Å². The van der Waals surface area contributed by atoms with E-state index in [-0.39, 0.29) is 12.2 Å². The van der Waals surface area contributed by atoms with Crippen LogP contribution in [-0.2, 0) is 22.1 Å². The predicted molar refractivity (Wildman–Crippen MR) is 109 cm³/mol. The molecule has 2 heterocycles. The summed E-state index contributed by atoms with van der Waals surface area (Å²) in [6, 6.07) is 12.2. The van der Waals surface area contributed by atoms with Crippen molar-refractivity contribution in [3.05, 3.63) is 66.4 Å². The first-order valence-corrected chi connectivity index (χ1v) is 10.4. The van der Waals surface area contributed by atoms with E-state index in [9.17, 15) is 27.0 Å². The molecule has 160 valence electrons. The van der Waals surface area contributed by atoms with E-state index >= 15 is 0 Å². The first kappa shape index (κ1) is 21.0. The minimum atomic E-state index is -4.89. The number of anilines is 1. The largest absolute Gasteiger partial charge is 0.475 e. The summed E-state index contributed by atoms with van der Waals surface area (Å²) in [6.07, 6.45) is 1.63. The van der Waals surface area contributed by atoms with Crippen LogP contribution in [0.1, 0.15) is 12.5 Å². The third kappa shape index (κ3) is 3.78. The predicted octanol–water partition coefficient (Wildman–Crippen LogP) is 4.22. The van der Waals surface area contributed by atoms with Crippen molar-refractivity contribution >= 4 is 39.3 Å². The van der Waals surface area contributed by atoms with E-state index in [1.54, 1.807) is 19.2 Å². The third-order valence-electron chi connectivity index (χ3n) is 5.08. The van der Waals surface area contributed by atoms with E-state index in [0.29, 0.717) is 0 Å². The molecule has 1 saturated heterocycles. The molecule has 2 aromatic carbocycles. The summed E-state index contributed by atoms with van der Waals surface area (Å²) < 4.78 is 49.4. The van der Waals surface area contributed by atoms with Gasteiger partial charge < -0.3 is 4.90 Å². The van der Waals surface area contributed by atoms with Crippen LogP contribution in [0, 0.1) is 0 Å². The van der Waals surface area contributed by atoms with E-state index in [2.05, 4.69) is 4.98 Å². The number of fused-ring (bicyclic) bond motifs is 1. The molecule has 4 rings (SSSR count). The molecule has 1 aliphatic heterocycles. The normalized spacial score (nSPS) is 18.1. The number of aromatic nitrogens is 1. The lowest BCUT2D eigenvalue weighted by Gasteiger charge is -2.20. The number of pyridine rings is 1. The molecule has 0 N–H and O–H groups in total. The Balaban J connectivity index is 1.61. The zero-order valence-electron chi connectivity index (χ0n) is 16.2. The molecule has 6 nitrogen and oxygen atoms in total. The summed E-state index contributed by atoms with van der Waals surface area (Å²) in [6.45, 7) is 1.76. The van der Waals surface area contributed by atoms with Gasteiger partial charge in [0.05, 0.1) is 11.2 Å². The van der Waals surface area contributed by atoms with Crippen molar-refractivity contribution in [2.75, 3.05) is 4.90 Å². The topological polar surface area (TPSA) is 70.6 Å². The number of halogens is 3. The number of carbonyl (C=O) groups is 2. The average molecular weight is 447 g/mol. The molecular weight excluding hydrogens is 431 g/mol. The Bertz CT molecular complexity index is 1190. The van der Waals surface area contributed by atoms with Gasteiger partial charge in [0.15, 0.2) is 10.8 Å². The number of alkyl halides is 3. The van der Waals surface area contributed by atoms with Crippen LogP contribution in [0.5, 0.6) is 0 Å². The molecule has 0 bridgehead atoms. The number of hydrogen-bond donors (Lipinski definition) is 0. The first-order valence-electron chi connectivity index (χ1n) is 9.24. The van der Waals surface area contributed by atoms with Crippen LogP contribution >= 0.6 is 0 Å². The molecule has 31 heavy (non-hydrogen) atoms. The van der Waals surface area contributed by atoms with E-state index in [4.69, 9.17) is 0 Å². The molecule has 3 amide bonds. The molecule has 1 unspecified atom stereocenters. The quantitative estimate of drug-likeness (QED) is 0.562. The second-order valence-corrected chi connectivity index (χ2v) is 8.43. The number of urea groups is 1. The van der Waals surface area contributed by atoms with Crippen LogP contribution in [0.25, 0.3) is 10.9 Å². The van der Waals surface area contributed by atoms with Crippen LogP contribution in [0.15, 0.2) is 65.7 Å². The Morgan fingerprint density at radius 2 is 1.71 bits per heavy atom. The molecule has 3 aromatic rings. The molecule has 1 aliphatic rings. The highest BCUT2D eigenvalue weighted by Gasteiger charge is 2.44. The Labute approximate surface area is 177 Å². The summed E-state index contributed by atoms with van der Waals surface area (Å²) in [7, 11) is -3.19. The van der Waals surface area contributed by atoms with Crippen molar-refractivity contribution < 1.29 is 27.0 Å². The lowest BCUT2D eigenvalue weighted by molar-refractivity contribution is -0.119. The van der Waals surface area contributed by atoms with Crippen molar-refractivity contribution in [1.82, 2.24) is 9.88 Å². The van der Waals surface area contributed by atoms with Gasteiger partial charge in [0, 0.05) is 23.0 Å². The molecular formula is C21H16F3N3O3S. The molecule has 10 heteroatoms. The standard InChI is InChI=1S/C21H16F3N3O3S/c1-13-19(28)27(15-6-8-16(9-7-15)31(30)21(22,23)24)20(29)26(13)12-14-10-11-25-18-5-3-2-4-17(14)18/h2-11,13H,12H2,1H3/t13-,31?/m0/s1. The minimum Gasteiger partial charge on any atom is -0.308 e. The summed E-state index contributed by atoms with van der Waals surface area (Å²) >= 11 is 0. The van der Waals surface area contributed by atoms with Crippen LogP contribution in [0.3, 0.4) is 0 Å². The molecule has 0 saturated carbocycles. The number of rotatable bonds is 4. The number of carbonyl (C=O) groups excluding carboxylic acids is 2. The molecule has 2 atom stereocenters. The molecule has 1 fully saturated rings. The van der Waals surface area contributed by atoms with Gasteiger partial charge in [-0.2, -0.15) is 13.2 Å². The fourth-order valence-corrected chi connectivity index (χ4v) is 4.13. The maximum Gasteiger partial charge on any atom is 0.475 e. The fourth-order valence-electron chi connectivity index (χ4n) is 3.48. The average Bonchev–Trinajstić information content (AvgIpc) is 2.96. The third-order valence-corrected chi connectivity index (χ3v) is 6.20. The number of imide groups is 1. The van der Waals surface area contributed by atoms with Gasteiger partial charge in [0.25, 0.3) is 5.91 Å². The van der Waals surface area contributed by atoms with Crippen molar-refractivity contribution in [3.8, 4) is 0 Å². The van der Waals surface area contributed by atoms with Gasteiger partial charge in [-0.3, -0.25) is 9.78 Å². The SMILES string of the molecule is C[C@H]1C(=O)N(c2ccc(S(=O)C(F)(F)F)cc2)C(=O)N1Cc1ccnc2ccccc12. The smallest absolute Gasteiger partial charge is 0.308 e. The van der Waals surface area contributed by atoms with Crippen molar-refractivity contribution in [3.63, 3.8) is 0 Å². The Kier molecular flexibility index (Phi) is 5.26. The van der Waals surface area contributed by atoms with Crippen molar-refractivity contribution in [2.24, 2.45) is 0 Å². The van der Waals surface area contributed by atoms with Gasteiger partial charge in [0.1, 0.15) is 6.04 Å². The van der Waals surface area contributed by atoms with Gasteiger partial charge >= 0.3 is 11.5 Å². The number of amides is 3. The maximum absolute atomic E-state index is 13.0. The van der Waals surface area contributed by atoms with Gasteiger partial charge in [-0.15, -0.1) is 0 Å². The highest BCUT2D eigenvalue weighted by atomic mass is 32.2. The van der Waals surface area contributed by atoms with Crippen molar-refractivity contribution in [2.45, 2.75) is 29.9 Å². The summed E-state index contributed by atoms with van der Waals surface area (Å²) in [5, 5.41) is 0.856. The maximum atomic E-state index is 13.0. The summed E-state index contributed by atoms with van der Waals surface area (Å²) in [5.74, 6) is -0.493. The second-order valence-electron chi connectivity index (χ2n) is 6.96. The highest BCUT2D eigenvalue weighted by Crippen LogP contribution is 2.31. The zero-order chi connectivity index (χ0) is 22.3. The highest BCUT2D eigenvalue weighted by molar-refractivity contribution is 7.86. The zero-order valence-corrected chi connectivity index (χ0v) is 17.0. The lowest BCUT2D eigenvalue weighted by Crippen LogP contribution is -2.33. The molecule has 1 aromatic heterocycles. The molecule has 0 spiro atoms. The van der Waals surface area contributed by atoms with Crippen LogP contribution < -0.4 is 4.90 Å². The van der Waals surface area contributed by atoms with Gasteiger partial charge in [-0.25, -0.2) is 13.9 Å². The summed E-state index contributed by atoms with van der Waals surface area (Å²) in [4.78, 5) is 31.9. The molecule has 0 radical (unpaired) electrons. The van der Waals surface area contributed by atoms with Crippen LogP contribution in [0.4, 0.5) is 23.7 Å². The number of nitrogens with zero attached hydrogens (tertiary/aromatic N) is 3. The minimum absolute atomic E-state index is 0.117. The summed E-state index contributed by atoms with van der Waals surface area (Å²) in [5.41, 5.74) is -3.20. The van der Waals surface area contributed by atoms with Gasteiger partial charge in [-0.1, -0.05) is 18.2 Å².